The average Bonchev–Trinajstić information content (AvgIpc) is 3.38. The maximum atomic E-state index is 13.0. The molecule has 1 N–H and O–H groups in total. The summed E-state index contributed by atoms with van der Waals surface area (Å²) in [5.74, 6) is 0.387. The Kier molecular flexibility index (Phi) is 8.69. The monoisotopic (exact) mass is 516 g/mol. The van der Waals surface area contributed by atoms with Gasteiger partial charge in [0.25, 0.3) is 5.91 Å². The summed E-state index contributed by atoms with van der Waals surface area (Å²) in [7, 11) is 0. The molecule has 0 unspecified atom stereocenters. The van der Waals surface area contributed by atoms with Crippen LogP contribution in [0.1, 0.15) is 62.4 Å². The average molecular weight is 517 g/mol. The highest BCUT2D eigenvalue weighted by Gasteiger charge is 2.32. The zero-order valence-electron chi connectivity index (χ0n) is 19.1. The quantitative estimate of drug-likeness (QED) is 0.351. The first kappa shape index (κ1) is 24.8. The van der Waals surface area contributed by atoms with E-state index in [4.69, 9.17) is 17.0 Å². The number of hydrogen-bond donors (Lipinski definition) is 1. The van der Waals surface area contributed by atoms with E-state index in [-0.39, 0.29) is 30.9 Å². The molecule has 2 amide bonds. The second kappa shape index (κ2) is 11.9. The number of carbonyl (C=O) groups excluding carboxylic acids is 2. The van der Waals surface area contributed by atoms with Crippen LogP contribution in [0.15, 0.2) is 29.2 Å². The van der Waals surface area contributed by atoms with E-state index in [1.807, 2.05) is 30.3 Å². The highest BCUT2D eigenvalue weighted by Crippen LogP contribution is 2.35. The molecule has 10 heteroatoms. The van der Waals surface area contributed by atoms with Crippen molar-refractivity contribution in [2.24, 2.45) is 0 Å². The van der Waals surface area contributed by atoms with Crippen molar-refractivity contribution in [3.63, 3.8) is 0 Å². The van der Waals surface area contributed by atoms with E-state index < -0.39 is 0 Å². The van der Waals surface area contributed by atoms with Crippen LogP contribution in [0.4, 0.5) is 5.13 Å². The molecule has 0 radical (unpaired) electrons. The molecule has 180 valence electrons. The second-order valence-electron chi connectivity index (χ2n) is 8.30. The van der Waals surface area contributed by atoms with Gasteiger partial charge in [0, 0.05) is 24.9 Å². The van der Waals surface area contributed by atoms with E-state index in [9.17, 15) is 9.59 Å². The van der Waals surface area contributed by atoms with Crippen LogP contribution in [0.25, 0.3) is 6.08 Å². The van der Waals surface area contributed by atoms with Crippen molar-refractivity contribution in [3.05, 3.63) is 39.7 Å². The standard InChI is InChI=1S/C24H28N4O3S3/c1-2-8-21-26-27-23(34-21)25-20(29)13-14-28-22(30)19(33-24(28)32)15-16-9-6-7-12-18(16)31-17-10-4-3-5-11-17/h6-7,9,12,15,17H,2-5,8,10-11,13-14H2,1H3,(H,25,27,29)/b19-15-. The molecule has 1 saturated carbocycles. The van der Waals surface area contributed by atoms with E-state index >= 15 is 0 Å². The molecule has 2 fully saturated rings. The normalized spacial score (nSPS) is 18.0. The van der Waals surface area contributed by atoms with Crippen LogP contribution in [0, 0.1) is 0 Å². The van der Waals surface area contributed by atoms with Crippen molar-refractivity contribution in [2.45, 2.75) is 64.4 Å². The van der Waals surface area contributed by atoms with Gasteiger partial charge in [0.1, 0.15) is 15.1 Å². The fraction of sp³-hybridized carbons (Fsp3) is 0.458. The lowest BCUT2D eigenvalue weighted by Gasteiger charge is -2.23. The van der Waals surface area contributed by atoms with Gasteiger partial charge < -0.3 is 10.1 Å². The lowest BCUT2D eigenvalue weighted by atomic mass is 9.97. The highest BCUT2D eigenvalue weighted by atomic mass is 32.2. The molecule has 1 aromatic heterocycles. The lowest BCUT2D eigenvalue weighted by molar-refractivity contribution is -0.122. The number of thiocarbonyl (C=S) groups is 1. The summed E-state index contributed by atoms with van der Waals surface area (Å²) in [4.78, 5) is 27.4. The molecule has 4 rings (SSSR count). The summed E-state index contributed by atoms with van der Waals surface area (Å²) < 4.78 is 6.72. The summed E-state index contributed by atoms with van der Waals surface area (Å²) in [6.07, 6.45) is 9.79. The van der Waals surface area contributed by atoms with Gasteiger partial charge in [-0.05, 0) is 44.2 Å². The van der Waals surface area contributed by atoms with Crippen molar-refractivity contribution in [1.29, 1.82) is 0 Å². The number of para-hydroxylation sites is 1. The van der Waals surface area contributed by atoms with E-state index in [0.717, 1.165) is 42.0 Å². The number of rotatable bonds is 9. The number of nitrogens with zero attached hydrogens (tertiary/aromatic N) is 3. The van der Waals surface area contributed by atoms with Gasteiger partial charge in [0.2, 0.25) is 11.0 Å². The van der Waals surface area contributed by atoms with Crippen molar-refractivity contribution in [2.75, 3.05) is 11.9 Å². The van der Waals surface area contributed by atoms with Crippen LogP contribution in [0.3, 0.4) is 0 Å². The third kappa shape index (κ3) is 6.43. The molecule has 0 atom stereocenters. The van der Waals surface area contributed by atoms with Crippen molar-refractivity contribution in [3.8, 4) is 5.75 Å². The fourth-order valence-corrected chi connectivity index (χ4v) is 6.07. The summed E-state index contributed by atoms with van der Waals surface area (Å²) in [5, 5.41) is 12.2. The minimum Gasteiger partial charge on any atom is -0.490 e. The van der Waals surface area contributed by atoms with Gasteiger partial charge in [-0.3, -0.25) is 14.5 Å². The van der Waals surface area contributed by atoms with E-state index in [2.05, 4.69) is 22.4 Å². The largest absolute Gasteiger partial charge is 0.490 e. The molecule has 1 aliphatic heterocycles. The van der Waals surface area contributed by atoms with Crippen LogP contribution < -0.4 is 10.1 Å². The molecule has 0 bridgehead atoms. The van der Waals surface area contributed by atoms with Gasteiger partial charge in [0.15, 0.2) is 0 Å². The number of carbonyl (C=O) groups is 2. The predicted molar refractivity (Wildman–Crippen MR) is 141 cm³/mol. The molecule has 1 saturated heterocycles. The zero-order valence-corrected chi connectivity index (χ0v) is 21.6. The number of aryl methyl sites for hydroxylation is 1. The third-order valence-corrected chi connectivity index (χ3v) is 7.94. The Morgan fingerprint density at radius 3 is 2.85 bits per heavy atom. The van der Waals surface area contributed by atoms with Crippen molar-refractivity contribution in [1.82, 2.24) is 15.1 Å². The summed E-state index contributed by atoms with van der Waals surface area (Å²) in [6, 6.07) is 7.78. The topological polar surface area (TPSA) is 84.4 Å². The summed E-state index contributed by atoms with van der Waals surface area (Å²) in [6.45, 7) is 2.29. The lowest BCUT2D eigenvalue weighted by Crippen LogP contribution is -2.31. The van der Waals surface area contributed by atoms with Gasteiger partial charge >= 0.3 is 0 Å². The van der Waals surface area contributed by atoms with E-state index in [0.29, 0.717) is 14.4 Å². The predicted octanol–water partition coefficient (Wildman–Crippen LogP) is 5.43. The third-order valence-electron chi connectivity index (χ3n) is 5.66. The first-order chi connectivity index (χ1) is 16.5. The van der Waals surface area contributed by atoms with Gasteiger partial charge in [-0.25, -0.2) is 0 Å². The Morgan fingerprint density at radius 1 is 1.26 bits per heavy atom. The molecular formula is C24H28N4O3S3. The molecule has 2 heterocycles. The number of hydrogen-bond acceptors (Lipinski definition) is 8. The van der Waals surface area contributed by atoms with Gasteiger partial charge in [0.05, 0.1) is 11.0 Å². The molecule has 1 aliphatic carbocycles. The first-order valence-corrected chi connectivity index (χ1v) is 13.7. The molecule has 2 aliphatic rings. The zero-order chi connectivity index (χ0) is 23.9. The minimum atomic E-state index is -0.219. The Balaban J connectivity index is 1.36. The number of benzene rings is 1. The van der Waals surface area contributed by atoms with Gasteiger partial charge in [-0.15, -0.1) is 10.2 Å². The summed E-state index contributed by atoms with van der Waals surface area (Å²) in [5.41, 5.74) is 0.866. The second-order valence-corrected chi connectivity index (χ2v) is 11.0. The Hall–Kier alpha value is -2.30. The molecule has 7 nitrogen and oxygen atoms in total. The Labute approximate surface area is 213 Å². The van der Waals surface area contributed by atoms with Crippen molar-refractivity contribution < 1.29 is 14.3 Å². The number of anilines is 1. The Morgan fingerprint density at radius 2 is 2.06 bits per heavy atom. The number of aromatic nitrogens is 2. The van der Waals surface area contributed by atoms with Crippen LogP contribution >= 0.6 is 35.3 Å². The van der Waals surface area contributed by atoms with Gasteiger partial charge in [-0.1, -0.05) is 66.9 Å². The number of ether oxygens (including phenoxy) is 1. The molecule has 1 aromatic carbocycles. The van der Waals surface area contributed by atoms with Crippen LogP contribution in [0.5, 0.6) is 5.75 Å². The highest BCUT2D eigenvalue weighted by molar-refractivity contribution is 8.26. The van der Waals surface area contributed by atoms with Crippen LogP contribution in [0.2, 0.25) is 0 Å². The smallest absolute Gasteiger partial charge is 0.266 e. The SMILES string of the molecule is CCCc1nnc(NC(=O)CCN2C(=O)/C(=C/c3ccccc3OC3CCCCC3)SC2=S)s1. The van der Waals surface area contributed by atoms with Crippen molar-refractivity contribution >= 4 is 62.7 Å². The molecule has 34 heavy (non-hydrogen) atoms. The minimum absolute atomic E-state index is 0.129. The van der Waals surface area contributed by atoms with Crippen LogP contribution in [-0.4, -0.2) is 43.9 Å². The molecule has 2 aromatic rings. The first-order valence-electron chi connectivity index (χ1n) is 11.7. The van der Waals surface area contributed by atoms with Gasteiger partial charge in [-0.2, -0.15) is 0 Å². The fourth-order valence-electron chi connectivity index (χ4n) is 3.92. The maximum Gasteiger partial charge on any atom is 0.266 e. The molecule has 0 spiro atoms. The van der Waals surface area contributed by atoms with Crippen LogP contribution in [-0.2, 0) is 16.0 Å². The number of amides is 2. The number of thioether (sulfide) groups is 1. The maximum absolute atomic E-state index is 13.0. The van der Waals surface area contributed by atoms with E-state index in [1.54, 1.807) is 0 Å². The number of nitrogens with one attached hydrogen (secondary N) is 1. The Bertz CT molecular complexity index is 1080. The molecular weight excluding hydrogens is 488 g/mol. The summed E-state index contributed by atoms with van der Waals surface area (Å²) >= 11 is 8.06. The van der Waals surface area contributed by atoms with E-state index in [1.165, 1.54) is 47.3 Å².